The van der Waals surface area contributed by atoms with Crippen molar-refractivity contribution in [3.63, 3.8) is 0 Å². The lowest BCUT2D eigenvalue weighted by Gasteiger charge is -2.09. The Morgan fingerprint density at radius 2 is 1.75 bits per heavy atom. The van der Waals surface area contributed by atoms with E-state index in [9.17, 15) is 4.79 Å². The maximum atomic E-state index is 11.6. The third-order valence-corrected chi connectivity index (χ3v) is 3.63. The van der Waals surface area contributed by atoms with Crippen LogP contribution in [-0.4, -0.2) is 5.78 Å². The molecule has 0 amide bonds. The molecule has 1 aliphatic carbocycles. The van der Waals surface area contributed by atoms with Crippen LogP contribution in [0, 0.1) is 26.7 Å². The van der Waals surface area contributed by atoms with Crippen LogP contribution in [0.25, 0.3) is 0 Å². The van der Waals surface area contributed by atoms with Crippen molar-refractivity contribution < 1.29 is 4.79 Å². The summed E-state index contributed by atoms with van der Waals surface area (Å²) in [5.74, 6) is 0.879. The standard InChI is InChI=1S/C15H20O/c1-10-8-12(3)14(9-11(10)2)6-7-15(16)13-4-5-13/h8-9,13H,4-7H2,1-3H3. The number of aryl methyl sites for hydroxylation is 4. The maximum absolute atomic E-state index is 11.6. The first-order valence-corrected chi connectivity index (χ1v) is 6.17. The summed E-state index contributed by atoms with van der Waals surface area (Å²) in [4.78, 5) is 11.6. The van der Waals surface area contributed by atoms with E-state index in [0.717, 1.165) is 25.7 Å². The van der Waals surface area contributed by atoms with Crippen LogP contribution in [-0.2, 0) is 11.2 Å². The zero-order valence-corrected chi connectivity index (χ0v) is 10.5. The third kappa shape index (κ3) is 2.52. The quantitative estimate of drug-likeness (QED) is 0.752. The fourth-order valence-corrected chi connectivity index (χ4v) is 2.16. The van der Waals surface area contributed by atoms with Crippen LogP contribution in [0.15, 0.2) is 12.1 Å². The Labute approximate surface area is 97.9 Å². The summed E-state index contributed by atoms with van der Waals surface area (Å²) in [7, 11) is 0. The van der Waals surface area contributed by atoms with E-state index in [0.29, 0.717) is 11.7 Å². The highest BCUT2D eigenvalue weighted by Gasteiger charge is 2.28. The lowest BCUT2D eigenvalue weighted by molar-refractivity contribution is -0.120. The number of benzene rings is 1. The van der Waals surface area contributed by atoms with Gasteiger partial charge >= 0.3 is 0 Å². The summed E-state index contributed by atoms with van der Waals surface area (Å²) in [6, 6.07) is 4.47. The number of carbonyl (C=O) groups is 1. The first-order chi connectivity index (χ1) is 7.58. The summed E-state index contributed by atoms with van der Waals surface area (Å²) in [5.41, 5.74) is 5.35. The van der Waals surface area contributed by atoms with Gasteiger partial charge in [-0.25, -0.2) is 0 Å². The predicted octanol–water partition coefficient (Wildman–Crippen LogP) is 3.52. The van der Waals surface area contributed by atoms with Crippen LogP contribution < -0.4 is 0 Å². The van der Waals surface area contributed by atoms with Crippen molar-refractivity contribution >= 4 is 5.78 Å². The molecular weight excluding hydrogens is 196 g/mol. The van der Waals surface area contributed by atoms with Gasteiger partial charge in [0, 0.05) is 12.3 Å². The molecule has 1 nitrogen and oxygen atoms in total. The van der Waals surface area contributed by atoms with Crippen LogP contribution >= 0.6 is 0 Å². The predicted molar refractivity (Wildman–Crippen MR) is 66.7 cm³/mol. The second-order valence-electron chi connectivity index (χ2n) is 5.10. The van der Waals surface area contributed by atoms with E-state index in [4.69, 9.17) is 0 Å². The van der Waals surface area contributed by atoms with Crippen LogP contribution in [0.2, 0.25) is 0 Å². The Morgan fingerprint density at radius 3 is 2.38 bits per heavy atom. The SMILES string of the molecule is Cc1cc(C)c(CCC(=O)C2CC2)cc1C. The van der Waals surface area contributed by atoms with E-state index in [1.165, 1.54) is 22.3 Å². The molecular formula is C15H20O. The van der Waals surface area contributed by atoms with Crippen molar-refractivity contribution in [1.29, 1.82) is 0 Å². The highest BCUT2D eigenvalue weighted by Crippen LogP contribution is 2.31. The van der Waals surface area contributed by atoms with Gasteiger partial charge < -0.3 is 0 Å². The molecule has 1 heteroatoms. The molecule has 86 valence electrons. The van der Waals surface area contributed by atoms with Crippen molar-refractivity contribution in [2.24, 2.45) is 5.92 Å². The summed E-state index contributed by atoms with van der Waals surface area (Å²) in [5, 5.41) is 0. The zero-order chi connectivity index (χ0) is 11.7. The molecule has 0 heterocycles. The first-order valence-electron chi connectivity index (χ1n) is 6.17. The number of rotatable bonds is 4. The van der Waals surface area contributed by atoms with Gasteiger partial charge in [-0.1, -0.05) is 12.1 Å². The molecule has 1 aliphatic rings. The molecule has 0 saturated heterocycles. The minimum Gasteiger partial charge on any atom is -0.299 e. The van der Waals surface area contributed by atoms with Crippen LogP contribution in [0.3, 0.4) is 0 Å². The number of carbonyl (C=O) groups excluding carboxylic acids is 1. The third-order valence-electron chi connectivity index (χ3n) is 3.63. The Balaban J connectivity index is 2.03. The van der Waals surface area contributed by atoms with E-state index in [1.54, 1.807) is 0 Å². The Morgan fingerprint density at radius 1 is 1.12 bits per heavy atom. The minimum absolute atomic E-state index is 0.409. The first kappa shape index (κ1) is 11.4. The molecule has 16 heavy (non-hydrogen) atoms. The van der Waals surface area contributed by atoms with Crippen LogP contribution in [0.5, 0.6) is 0 Å². The molecule has 0 aromatic heterocycles. The number of hydrogen-bond donors (Lipinski definition) is 0. The second-order valence-corrected chi connectivity index (χ2v) is 5.10. The average molecular weight is 216 g/mol. The molecule has 1 saturated carbocycles. The summed E-state index contributed by atoms with van der Waals surface area (Å²) < 4.78 is 0. The normalized spacial score (nSPS) is 15.2. The van der Waals surface area contributed by atoms with Gasteiger partial charge in [-0.15, -0.1) is 0 Å². The van der Waals surface area contributed by atoms with E-state index in [-0.39, 0.29) is 0 Å². The Hall–Kier alpha value is -1.11. The lowest BCUT2D eigenvalue weighted by Crippen LogP contribution is -2.03. The molecule has 0 atom stereocenters. The van der Waals surface area contributed by atoms with Gasteiger partial charge in [-0.2, -0.15) is 0 Å². The molecule has 0 aliphatic heterocycles. The molecule has 1 aromatic carbocycles. The van der Waals surface area contributed by atoms with Crippen molar-refractivity contribution in [2.45, 2.75) is 46.5 Å². The van der Waals surface area contributed by atoms with Crippen LogP contribution in [0.1, 0.15) is 41.5 Å². The highest BCUT2D eigenvalue weighted by molar-refractivity contribution is 5.83. The molecule has 0 bridgehead atoms. The number of ketones is 1. The molecule has 1 aromatic rings. The van der Waals surface area contributed by atoms with E-state index >= 15 is 0 Å². The summed E-state index contributed by atoms with van der Waals surface area (Å²) in [6.45, 7) is 6.42. The van der Waals surface area contributed by atoms with E-state index in [1.807, 2.05) is 0 Å². The summed E-state index contributed by atoms with van der Waals surface area (Å²) >= 11 is 0. The molecule has 0 spiro atoms. The molecule has 0 unspecified atom stereocenters. The fourth-order valence-electron chi connectivity index (χ4n) is 2.16. The van der Waals surface area contributed by atoms with Gasteiger partial charge in [0.25, 0.3) is 0 Å². The average Bonchev–Trinajstić information content (AvgIpc) is 3.04. The Kier molecular flexibility index (Phi) is 3.13. The van der Waals surface area contributed by atoms with Gasteiger partial charge in [0.15, 0.2) is 0 Å². The number of hydrogen-bond acceptors (Lipinski definition) is 1. The Bertz CT molecular complexity index is 414. The minimum atomic E-state index is 0.409. The fraction of sp³-hybridized carbons (Fsp3) is 0.533. The van der Waals surface area contributed by atoms with E-state index < -0.39 is 0 Å². The topological polar surface area (TPSA) is 17.1 Å². The zero-order valence-electron chi connectivity index (χ0n) is 10.5. The second kappa shape index (κ2) is 4.40. The van der Waals surface area contributed by atoms with Crippen LogP contribution in [0.4, 0.5) is 0 Å². The van der Waals surface area contributed by atoms with Gasteiger partial charge in [0.1, 0.15) is 5.78 Å². The van der Waals surface area contributed by atoms with Gasteiger partial charge in [0.2, 0.25) is 0 Å². The van der Waals surface area contributed by atoms with Crippen molar-refractivity contribution in [3.05, 3.63) is 34.4 Å². The monoisotopic (exact) mass is 216 g/mol. The van der Waals surface area contributed by atoms with Gasteiger partial charge in [-0.3, -0.25) is 4.79 Å². The smallest absolute Gasteiger partial charge is 0.136 e. The maximum Gasteiger partial charge on any atom is 0.136 e. The number of Topliss-reactive ketones (excluding diaryl/α,β-unsaturated/α-hetero) is 1. The molecule has 1 fully saturated rings. The van der Waals surface area contributed by atoms with E-state index in [2.05, 4.69) is 32.9 Å². The van der Waals surface area contributed by atoms with Crippen molar-refractivity contribution in [2.75, 3.05) is 0 Å². The molecule has 0 N–H and O–H groups in total. The highest BCUT2D eigenvalue weighted by atomic mass is 16.1. The van der Waals surface area contributed by atoms with Crippen molar-refractivity contribution in [3.8, 4) is 0 Å². The largest absolute Gasteiger partial charge is 0.299 e. The van der Waals surface area contributed by atoms with Crippen molar-refractivity contribution in [1.82, 2.24) is 0 Å². The van der Waals surface area contributed by atoms with Gasteiger partial charge in [0.05, 0.1) is 0 Å². The molecule has 2 rings (SSSR count). The van der Waals surface area contributed by atoms with Gasteiger partial charge in [-0.05, 0) is 62.3 Å². The lowest BCUT2D eigenvalue weighted by atomic mass is 9.96. The summed E-state index contributed by atoms with van der Waals surface area (Å²) in [6.07, 6.45) is 3.91. The molecule has 0 radical (unpaired) electrons.